The molecule has 0 aliphatic heterocycles. The highest BCUT2D eigenvalue weighted by Crippen LogP contribution is 2.30. The minimum atomic E-state index is -0.378. The maximum absolute atomic E-state index is 12.3. The van der Waals surface area contributed by atoms with Crippen LogP contribution >= 0.6 is 23.2 Å². The number of amides is 1. The first-order valence-corrected chi connectivity index (χ1v) is 7.79. The molecule has 0 aliphatic rings. The molecule has 0 radical (unpaired) electrons. The van der Waals surface area contributed by atoms with Crippen LogP contribution in [0.25, 0.3) is 11.3 Å². The Morgan fingerprint density at radius 2 is 1.79 bits per heavy atom. The summed E-state index contributed by atoms with van der Waals surface area (Å²) in [6, 6.07) is 14.0. The van der Waals surface area contributed by atoms with Gasteiger partial charge in [-0.1, -0.05) is 29.3 Å². The lowest BCUT2D eigenvalue weighted by molar-refractivity contribution is 0.102. The number of para-hydroxylation sites is 1. The zero-order valence-electron chi connectivity index (χ0n) is 12.6. The molecule has 1 amide bonds. The Kier molecular flexibility index (Phi) is 4.74. The molecule has 2 N–H and O–H groups in total. The van der Waals surface area contributed by atoms with Gasteiger partial charge in [-0.2, -0.15) is 5.10 Å². The van der Waals surface area contributed by atoms with Crippen molar-refractivity contribution in [3.05, 3.63) is 64.3 Å². The normalized spacial score (nSPS) is 10.5. The summed E-state index contributed by atoms with van der Waals surface area (Å²) in [5.41, 5.74) is 2.18. The molecule has 1 heterocycles. The molecule has 3 aromatic rings. The van der Waals surface area contributed by atoms with Gasteiger partial charge >= 0.3 is 0 Å². The van der Waals surface area contributed by atoms with Crippen LogP contribution in [0.15, 0.2) is 48.5 Å². The van der Waals surface area contributed by atoms with E-state index in [1.54, 1.807) is 31.4 Å². The van der Waals surface area contributed by atoms with Gasteiger partial charge in [0.1, 0.15) is 11.4 Å². The van der Waals surface area contributed by atoms with Gasteiger partial charge in [-0.3, -0.25) is 9.89 Å². The van der Waals surface area contributed by atoms with Crippen LogP contribution in [0, 0.1) is 0 Å². The van der Waals surface area contributed by atoms with Gasteiger partial charge in [0.2, 0.25) is 0 Å². The molecule has 2 aromatic carbocycles. The van der Waals surface area contributed by atoms with E-state index in [-0.39, 0.29) is 5.91 Å². The van der Waals surface area contributed by atoms with Crippen LogP contribution in [0.2, 0.25) is 10.0 Å². The smallest absolute Gasteiger partial charge is 0.273 e. The Morgan fingerprint density at radius 1 is 1.12 bits per heavy atom. The molecule has 0 saturated heterocycles. The summed E-state index contributed by atoms with van der Waals surface area (Å²) in [6.45, 7) is 0. The lowest BCUT2D eigenvalue weighted by Gasteiger charge is -2.07. The number of methoxy groups -OCH3 is 1. The van der Waals surface area contributed by atoms with E-state index in [9.17, 15) is 4.79 Å². The van der Waals surface area contributed by atoms with Crippen LogP contribution in [-0.2, 0) is 0 Å². The Hall–Kier alpha value is -2.50. The summed E-state index contributed by atoms with van der Waals surface area (Å²) in [4.78, 5) is 12.3. The van der Waals surface area contributed by atoms with Crippen LogP contribution in [-0.4, -0.2) is 23.2 Å². The number of rotatable bonds is 4. The number of halogens is 2. The minimum absolute atomic E-state index is 0.303. The number of ether oxygens (including phenoxy) is 1. The third-order valence-electron chi connectivity index (χ3n) is 3.41. The number of carbonyl (C=O) groups excluding carboxylic acids is 1. The van der Waals surface area contributed by atoms with Crippen LogP contribution in [0.3, 0.4) is 0 Å². The van der Waals surface area contributed by atoms with E-state index in [1.165, 1.54) is 0 Å². The molecule has 0 saturated carbocycles. The molecular formula is C17H13Cl2N3O2. The number of nitrogens with one attached hydrogen (secondary N) is 2. The van der Waals surface area contributed by atoms with Gasteiger partial charge in [-0.25, -0.2) is 0 Å². The van der Waals surface area contributed by atoms with Crippen molar-refractivity contribution in [2.45, 2.75) is 0 Å². The fourth-order valence-electron chi connectivity index (χ4n) is 2.15. The molecule has 0 aliphatic carbocycles. The summed E-state index contributed by atoms with van der Waals surface area (Å²) in [5, 5.41) is 10.3. The molecule has 0 atom stereocenters. The lowest BCUT2D eigenvalue weighted by Crippen LogP contribution is -2.13. The second-order valence-electron chi connectivity index (χ2n) is 4.95. The largest absolute Gasteiger partial charge is 0.497 e. The Morgan fingerprint density at radius 3 is 2.42 bits per heavy atom. The standard InChI is InChI=1S/C17H13Cl2N3O2/c1-24-11-7-5-10(6-8-11)14-9-15(22-21-14)17(23)20-16-12(18)3-2-4-13(16)19/h2-9H,1H3,(H,20,23)(H,21,22). The summed E-state index contributed by atoms with van der Waals surface area (Å²) in [5.74, 6) is 0.373. The number of hydrogen-bond acceptors (Lipinski definition) is 3. The number of H-pyrrole nitrogens is 1. The SMILES string of the molecule is COc1ccc(-c2cc(C(=O)Nc3c(Cl)cccc3Cl)[nH]n2)cc1. The van der Waals surface area contributed by atoms with Crippen molar-refractivity contribution in [2.75, 3.05) is 12.4 Å². The molecule has 0 bridgehead atoms. The predicted molar refractivity (Wildman–Crippen MR) is 95.0 cm³/mol. The van der Waals surface area contributed by atoms with E-state index in [2.05, 4.69) is 15.5 Å². The number of carbonyl (C=O) groups is 1. The molecule has 0 spiro atoms. The highest BCUT2D eigenvalue weighted by Gasteiger charge is 2.14. The molecule has 7 heteroatoms. The topological polar surface area (TPSA) is 67.0 Å². The third-order valence-corrected chi connectivity index (χ3v) is 4.04. The molecule has 0 fully saturated rings. The quantitative estimate of drug-likeness (QED) is 0.710. The van der Waals surface area contributed by atoms with Gasteiger partial charge in [0.05, 0.1) is 28.5 Å². The van der Waals surface area contributed by atoms with Crippen molar-refractivity contribution in [3.8, 4) is 17.0 Å². The maximum Gasteiger partial charge on any atom is 0.273 e. The van der Waals surface area contributed by atoms with E-state index in [0.29, 0.717) is 27.1 Å². The third kappa shape index (κ3) is 3.37. The van der Waals surface area contributed by atoms with Crippen molar-refractivity contribution in [3.63, 3.8) is 0 Å². The summed E-state index contributed by atoms with van der Waals surface area (Å²) >= 11 is 12.1. The number of anilines is 1. The van der Waals surface area contributed by atoms with Gasteiger partial charge in [-0.05, 0) is 42.5 Å². The van der Waals surface area contributed by atoms with Gasteiger partial charge in [0.25, 0.3) is 5.91 Å². The van der Waals surface area contributed by atoms with E-state index >= 15 is 0 Å². The van der Waals surface area contributed by atoms with Gasteiger partial charge in [0, 0.05) is 5.56 Å². The molecule has 0 unspecified atom stereocenters. The average Bonchev–Trinajstić information content (AvgIpc) is 3.08. The summed E-state index contributed by atoms with van der Waals surface area (Å²) in [7, 11) is 1.60. The Labute approximate surface area is 148 Å². The average molecular weight is 362 g/mol. The van der Waals surface area contributed by atoms with Crippen molar-refractivity contribution in [1.82, 2.24) is 10.2 Å². The zero-order chi connectivity index (χ0) is 17.1. The lowest BCUT2D eigenvalue weighted by atomic mass is 10.1. The highest BCUT2D eigenvalue weighted by molar-refractivity contribution is 6.40. The Balaban J connectivity index is 1.80. The molecule has 122 valence electrons. The molecular weight excluding hydrogens is 349 g/mol. The fourth-order valence-corrected chi connectivity index (χ4v) is 2.64. The second-order valence-corrected chi connectivity index (χ2v) is 5.76. The number of nitrogens with zero attached hydrogens (tertiary/aromatic N) is 1. The first kappa shape index (κ1) is 16.4. The van der Waals surface area contributed by atoms with Crippen molar-refractivity contribution in [2.24, 2.45) is 0 Å². The molecule has 24 heavy (non-hydrogen) atoms. The summed E-state index contributed by atoms with van der Waals surface area (Å²) in [6.07, 6.45) is 0. The fraction of sp³-hybridized carbons (Fsp3) is 0.0588. The van der Waals surface area contributed by atoms with E-state index in [4.69, 9.17) is 27.9 Å². The van der Waals surface area contributed by atoms with Gasteiger partial charge < -0.3 is 10.1 Å². The molecule has 5 nitrogen and oxygen atoms in total. The summed E-state index contributed by atoms with van der Waals surface area (Å²) < 4.78 is 5.12. The second kappa shape index (κ2) is 6.95. The molecule has 3 rings (SSSR count). The minimum Gasteiger partial charge on any atom is -0.497 e. The van der Waals surface area contributed by atoms with Crippen LogP contribution < -0.4 is 10.1 Å². The van der Waals surface area contributed by atoms with E-state index < -0.39 is 0 Å². The number of aromatic nitrogens is 2. The number of aromatic amines is 1. The maximum atomic E-state index is 12.3. The number of benzene rings is 2. The van der Waals surface area contributed by atoms with Crippen LogP contribution in [0.1, 0.15) is 10.5 Å². The van der Waals surface area contributed by atoms with Gasteiger partial charge in [0.15, 0.2) is 0 Å². The van der Waals surface area contributed by atoms with E-state index in [1.807, 2.05) is 24.3 Å². The number of hydrogen-bond donors (Lipinski definition) is 2. The Bertz CT molecular complexity index is 856. The first-order chi connectivity index (χ1) is 11.6. The van der Waals surface area contributed by atoms with Crippen LogP contribution in [0.5, 0.6) is 5.75 Å². The van der Waals surface area contributed by atoms with Crippen LogP contribution in [0.4, 0.5) is 5.69 Å². The van der Waals surface area contributed by atoms with E-state index in [0.717, 1.165) is 11.3 Å². The highest BCUT2D eigenvalue weighted by atomic mass is 35.5. The monoisotopic (exact) mass is 361 g/mol. The molecule has 1 aromatic heterocycles. The van der Waals surface area contributed by atoms with Crippen molar-refractivity contribution < 1.29 is 9.53 Å². The first-order valence-electron chi connectivity index (χ1n) is 7.03. The van der Waals surface area contributed by atoms with Crippen molar-refractivity contribution >= 4 is 34.8 Å². The van der Waals surface area contributed by atoms with Crippen molar-refractivity contribution in [1.29, 1.82) is 0 Å². The van der Waals surface area contributed by atoms with Gasteiger partial charge in [-0.15, -0.1) is 0 Å². The predicted octanol–water partition coefficient (Wildman–Crippen LogP) is 4.64. The zero-order valence-corrected chi connectivity index (χ0v) is 14.2.